The molecule has 1 atom stereocenters. The fraction of sp³-hybridized carbons (Fsp3) is 0.556. The zero-order valence-corrected chi connectivity index (χ0v) is 14.9. The fourth-order valence-corrected chi connectivity index (χ4v) is 3.67. The van der Waals surface area contributed by atoms with Crippen molar-refractivity contribution in [2.45, 2.75) is 25.3 Å². The molecule has 0 saturated carbocycles. The SMILES string of the molecule is O=C(Cn1ccc([C@H]2CCCNC2)n1)N1CCN(c2cnccn2)CC1. The second-order valence-corrected chi connectivity index (χ2v) is 6.91. The first-order valence-electron chi connectivity index (χ1n) is 9.32. The number of carbonyl (C=O) groups is 1. The summed E-state index contributed by atoms with van der Waals surface area (Å²) in [6, 6.07) is 2.05. The summed E-state index contributed by atoms with van der Waals surface area (Å²) in [5.41, 5.74) is 1.09. The van der Waals surface area contributed by atoms with Crippen molar-refractivity contribution < 1.29 is 4.79 Å². The Morgan fingerprint density at radius 2 is 2.12 bits per heavy atom. The van der Waals surface area contributed by atoms with E-state index in [-0.39, 0.29) is 5.91 Å². The van der Waals surface area contributed by atoms with Crippen molar-refractivity contribution >= 4 is 11.7 Å². The average molecular weight is 355 g/mol. The molecular weight excluding hydrogens is 330 g/mol. The van der Waals surface area contributed by atoms with Gasteiger partial charge in [0.05, 0.1) is 11.9 Å². The Hall–Kier alpha value is -2.48. The molecule has 0 aliphatic carbocycles. The smallest absolute Gasteiger partial charge is 0.244 e. The summed E-state index contributed by atoms with van der Waals surface area (Å²) >= 11 is 0. The van der Waals surface area contributed by atoms with Crippen LogP contribution < -0.4 is 10.2 Å². The predicted molar refractivity (Wildman–Crippen MR) is 97.9 cm³/mol. The molecule has 2 aliphatic rings. The van der Waals surface area contributed by atoms with E-state index in [9.17, 15) is 4.79 Å². The van der Waals surface area contributed by atoms with Crippen molar-refractivity contribution in [1.29, 1.82) is 0 Å². The summed E-state index contributed by atoms with van der Waals surface area (Å²) in [5, 5.41) is 8.05. The van der Waals surface area contributed by atoms with Crippen molar-refractivity contribution in [2.24, 2.45) is 0 Å². The van der Waals surface area contributed by atoms with Crippen LogP contribution in [-0.2, 0) is 11.3 Å². The first-order chi connectivity index (χ1) is 12.8. The standard InChI is InChI=1S/C18H25N7O/c26-18(14-25-7-3-16(22-25)15-2-1-4-19-12-15)24-10-8-23(9-11-24)17-13-20-5-6-21-17/h3,5-7,13,15,19H,1-2,4,8-12,14H2/t15-/m0/s1. The maximum atomic E-state index is 12.6. The topological polar surface area (TPSA) is 79.2 Å². The van der Waals surface area contributed by atoms with Crippen LogP contribution in [0, 0.1) is 0 Å². The lowest BCUT2D eigenvalue weighted by Gasteiger charge is -2.35. The van der Waals surface area contributed by atoms with Crippen LogP contribution in [0.5, 0.6) is 0 Å². The molecule has 0 radical (unpaired) electrons. The molecule has 0 unspecified atom stereocenters. The zero-order valence-electron chi connectivity index (χ0n) is 14.9. The molecule has 4 rings (SSSR count). The normalized spacial score (nSPS) is 21.0. The van der Waals surface area contributed by atoms with Gasteiger partial charge in [-0.15, -0.1) is 0 Å². The molecule has 0 bridgehead atoms. The number of piperidine rings is 1. The van der Waals surface area contributed by atoms with Crippen LogP contribution in [0.2, 0.25) is 0 Å². The van der Waals surface area contributed by atoms with Gasteiger partial charge in [-0.2, -0.15) is 5.10 Å². The summed E-state index contributed by atoms with van der Waals surface area (Å²) in [7, 11) is 0. The lowest BCUT2D eigenvalue weighted by molar-refractivity contribution is -0.132. The molecule has 2 aromatic rings. The van der Waals surface area contributed by atoms with Crippen molar-refractivity contribution in [3.63, 3.8) is 0 Å². The quantitative estimate of drug-likeness (QED) is 0.860. The Kier molecular flexibility index (Phi) is 5.10. The highest BCUT2D eigenvalue weighted by Crippen LogP contribution is 2.21. The van der Waals surface area contributed by atoms with E-state index < -0.39 is 0 Å². The third kappa shape index (κ3) is 3.85. The van der Waals surface area contributed by atoms with Gasteiger partial charge in [-0.1, -0.05) is 0 Å². The van der Waals surface area contributed by atoms with Gasteiger partial charge >= 0.3 is 0 Å². The van der Waals surface area contributed by atoms with E-state index in [1.54, 1.807) is 23.3 Å². The van der Waals surface area contributed by atoms with Gasteiger partial charge in [-0.3, -0.25) is 14.5 Å². The van der Waals surface area contributed by atoms with Crippen molar-refractivity contribution in [3.05, 3.63) is 36.5 Å². The lowest BCUT2D eigenvalue weighted by Crippen LogP contribution is -2.49. The second kappa shape index (κ2) is 7.82. The van der Waals surface area contributed by atoms with E-state index >= 15 is 0 Å². The number of piperazine rings is 1. The molecule has 2 aromatic heterocycles. The number of nitrogens with one attached hydrogen (secondary N) is 1. The van der Waals surface area contributed by atoms with E-state index in [1.807, 2.05) is 11.1 Å². The van der Waals surface area contributed by atoms with Gasteiger partial charge in [0, 0.05) is 57.2 Å². The Balaban J connectivity index is 1.30. The van der Waals surface area contributed by atoms with Crippen LogP contribution in [0.15, 0.2) is 30.9 Å². The number of rotatable bonds is 4. The Morgan fingerprint density at radius 3 is 2.85 bits per heavy atom. The molecule has 138 valence electrons. The van der Waals surface area contributed by atoms with E-state index in [4.69, 9.17) is 0 Å². The summed E-state index contributed by atoms with van der Waals surface area (Å²) in [6.07, 6.45) is 9.42. The maximum absolute atomic E-state index is 12.6. The third-order valence-corrected chi connectivity index (χ3v) is 5.18. The van der Waals surface area contributed by atoms with Crippen LogP contribution in [0.4, 0.5) is 5.82 Å². The molecule has 1 N–H and O–H groups in total. The van der Waals surface area contributed by atoms with Crippen molar-refractivity contribution in [1.82, 2.24) is 30.0 Å². The molecule has 8 heteroatoms. The minimum absolute atomic E-state index is 0.125. The molecule has 4 heterocycles. The molecule has 2 fully saturated rings. The first-order valence-corrected chi connectivity index (χ1v) is 9.32. The first kappa shape index (κ1) is 17.0. The van der Waals surface area contributed by atoms with Gasteiger partial charge in [-0.05, 0) is 25.5 Å². The number of nitrogens with zero attached hydrogens (tertiary/aromatic N) is 6. The molecule has 2 saturated heterocycles. The Bertz CT molecular complexity index is 718. The zero-order chi connectivity index (χ0) is 17.8. The van der Waals surface area contributed by atoms with Crippen LogP contribution >= 0.6 is 0 Å². The Morgan fingerprint density at radius 1 is 1.23 bits per heavy atom. The molecular formula is C18H25N7O. The van der Waals surface area contributed by atoms with Gasteiger partial charge in [-0.25, -0.2) is 4.98 Å². The summed E-state index contributed by atoms with van der Waals surface area (Å²) in [6.45, 7) is 5.36. The van der Waals surface area contributed by atoms with Crippen molar-refractivity contribution in [2.75, 3.05) is 44.2 Å². The number of hydrogen-bond acceptors (Lipinski definition) is 6. The van der Waals surface area contributed by atoms with Gasteiger partial charge in [0.1, 0.15) is 12.4 Å². The van der Waals surface area contributed by atoms with Gasteiger partial charge < -0.3 is 15.1 Å². The van der Waals surface area contributed by atoms with Crippen LogP contribution in [0.3, 0.4) is 0 Å². The van der Waals surface area contributed by atoms with Gasteiger partial charge in [0.2, 0.25) is 5.91 Å². The molecule has 26 heavy (non-hydrogen) atoms. The number of aromatic nitrogens is 4. The summed E-state index contributed by atoms with van der Waals surface area (Å²) < 4.78 is 1.78. The van der Waals surface area contributed by atoms with Crippen molar-refractivity contribution in [3.8, 4) is 0 Å². The highest BCUT2D eigenvalue weighted by Gasteiger charge is 2.23. The number of carbonyl (C=O) groups excluding carboxylic acids is 1. The van der Waals surface area contributed by atoms with E-state index in [2.05, 4.69) is 31.3 Å². The maximum Gasteiger partial charge on any atom is 0.244 e. The van der Waals surface area contributed by atoms with E-state index in [0.717, 1.165) is 37.7 Å². The number of amides is 1. The minimum atomic E-state index is 0.125. The fourth-order valence-electron chi connectivity index (χ4n) is 3.67. The minimum Gasteiger partial charge on any atom is -0.352 e. The Labute approximate surface area is 153 Å². The van der Waals surface area contributed by atoms with Gasteiger partial charge in [0.15, 0.2) is 0 Å². The number of hydrogen-bond donors (Lipinski definition) is 1. The largest absolute Gasteiger partial charge is 0.352 e. The van der Waals surface area contributed by atoms with Crippen LogP contribution in [0.25, 0.3) is 0 Å². The molecule has 1 amide bonds. The summed E-state index contributed by atoms with van der Waals surface area (Å²) in [4.78, 5) is 25.1. The number of anilines is 1. The highest BCUT2D eigenvalue weighted by molar-refractivity contribution is 5.76. The van der Waals surface area contributed by atoms with E-state index in [0.29, 0.717) is 25.6 Å². The average Bonchev–Trinajstić information content (AvgIpc) is 3.18. The monoisotopic (exact) mass is 355 g/mol. The second-order valence-electron chi connectivity index (χ2n) is 6.91. The molecule has 0 aromatic carbocycles. The van der Waals surface area contributed by atoms with E-state index in [1.165, 1.54) is 12.8 Å². The summed E-state index contributed by atoms with van der Waals surface area (Å²) in [5.74, 6) is 1.47. The molecule has 0 spiro atoms. The lowest BCUT2D eigenvalue weighted by atomic mass is 9.97. The molecule has 2 aliphatic heterocycles. The third-order valence-electron chi connectivity index (χ3n) is 5.18. The highest BCUT2D eigenvalue weighted by atomic mass is 16.2. The predicted octanol–water partition coefficient (Wildman–Crippen LogP) is 0.489. The van der Waals surface area contributed by atoms with Gasteiger partial charge in [0.25, 0.3) is 0 Å². The van der Waals surface area contributed by atoms with Crippen LogP contribution in [-0.4, -0.2) is 69.8 Å². The van der Waals surface area contributed by atoms with Crippen LogP contribution in [0.1, 0.15) is 24.5 Å². The molecule has 8 nitrogen and oxygen atoms in total.